The SMILES string of the molecule is Cc1cnc(N2CCN(c3ccc(-c4ccco4)nn3)CC2)nc1. The molecular weight excluding hydrogens is 304 g/mol. The van der Waals surface area contributed by atoms with Crippen LogP contribution in [0.1, 0.15) is 5.56 Å². The van der Waals surface area contributed by atoms with Gasteiger partial charge in [-0.15, -0.1) is 10.2 Å². The molecule has 0 aliphatic carbocycles. The normalized spacial score (nSPS) is 14.9. The van der Waals surface area contributed by atoms with E-state index in [1.165, 1.54) is 0 Å². The van der Waals surface area contributed by atoms with Gasteiger partial charge in [-0.05, 0) is 36.8 Å². The number of piperazine rings is 1. The lowest BCUT2D eigenvalue weighted by Gasteiger charge is -2.35. The van der Waals surface area contributed by atoms with E-state index in [4.69, 9.17) is 4.42 Å². The first kappa shape index (κ1) is 14.6. The van der Waals surface area contributed by atoms with Gasteiger partial charge in [-0.3, -0.25) is 0 Å². The Bertz CT molecular complexity index is 777. The summed E-state index contributed by atoms with van der Waals surface area (Å²) in [5.41, 5.74) is 1.82. The Hall–Kier alpha value is -2.96. The summed E-state index contributed by atoms with van der Waals surface area (Å²) in [5.74, 6) is 2.41. The largest absolute Gasteiger partial charge is 0.463 e. The molecule has 1 aliphatic heterocycles. The van der Waals surface area contributed by atoms with Crippen LogP contribution in [0.25, 0.3) is 11.5 Å². The third-order valence-corrected chi connectivity index (χ3v) is 4.08. The Morgan fingerprint density at radius 3 is 2.29 bits per heavy atom. The molecule has 3 aromatic rings. The summed E-state index contributed by atoms with van der Waals surface area (Å²) in [6.45, 7) is 5.46. The van der Waals surface area contributed by atoms with Crippen LogP contribution in [0.5, 0.6) is 0 Å². The number of anilines is 2. The topological polar surface area (TPSA) is 71.2 Å². The van der Waals surface area contributed by atoms with E-state index in [0.29, 0.717) is 0 Å². The zero-order valence-corrected chi connectivity index (χ0v) is 13.5. The molecule has 1 saturated heterocycles. The molecule has 0 atom stereocenters. The van der Waals surface area contributed by atoms with Crippen LogP contribution in [0.2, 0.25) is 0 Å². The fraction of sp³-hybridized carbons (Fsp3) is 0.294. The molecule has 0 radical (unpaired) electrons. The lowest BCUT2D eigenvalue weighted by molar-refractivity contribution is 0.578. The van der Waals surface area contributed by atoms with Gasteiger partial charge in [0, 0.05) is 38.6 Å². The predicted molar refractivity (Wildman–Crippen MR) is 90.9 cm³/mol. The van der Waals surface area contributed by atoms with Gasteiger partial charge in [-0.25, -0.2) is 9.97 Å². The monoisotopic (exact) mass is 322 g/mol. The van der Waals surface area contributed by atoms with E-state index in [9.17, 15) is 0 Å². The van der Waals surface area contributed by atoms with Crippen molar-refractivity contribution in [1.82, 2.24) is 20.2 Å². The van der Waals surface area contributed by atoms with Crippen LogP contribution in [-0.4, -0.2) is 46.3 Å². The predicted octanol–water partition coefficient (Wildman–Crippen LogP) is 2.16. The van der Waals surface area contributed by atoms with Crippen LogP contribution >= 0.6 is 0 Å². The molecule has 0 spiro atoms. The summed E-state index contributed by atoms with van der Waals surface area (Å²) in [6.07, 6.45) is 5.35. The molecule has 0 unspecified atom stereocenters. The fourth-order valence-electron chi connectivity index (χ4n) is 2.73. The average molecular weight is 322 g/mol. The van der Waals surface area contributed by atoms with Crippen molar-refractivity contribution in [3.05, 3.63) is 48.5 Å². The first-order chi connectivity index (χ1) is 11.8. The van der Waals surface area contributed by atoms with Crippen LogP contribution in [0, 0.1) is 6.92 Å². The van der Waals surface area contributed by atoms with E-state index in [1.807, 2.05) is 43.6 Å². The minimum absolute atomic E-state index is 0.732. The van der Waals surface area contributed by atoms with Crippen molar-refractivity contribution < 1.29 is 4.42 Å². The Labute approximate surface area is 140 Å². The third-order valence-electron chi connectivity index (χ3n) is 4.08. The minimum atomic E-state index is 0.732. The zero-order chi connectivity index (χ0) is 16.4. The van der Waals surface area contributed by atoms with Crippen LogP contribution in [0.15, 0.2) is 47.3 Å². The quantitative estimate of drug-likeness (QED) is 0.731. The van der Waals surface area contributed by atoms with Gasteiger partial charge in [0.2, 0.25) is 5.95 Å². The minimum Gasteiger partial charge on any atom is -0.463 e. The molecule has 4 heterocycles. The molecule has 3 aromatic heterocycles. The molecule has 7 heteroatoms. The molecule has 0 saturated carbocycles. The summed E-state index contributed by atoms with van der Waals surface area (Å²) >= 11 is 0. The van der Waals surface area contributed by atoms with Crippen LogP contribution < -0.4 is 9.80 Å². The van der Waals surface area contributed by atoms with E-state index in [2.05, 4.69) is 30.0 Å². The van der Waals surface area contributed by atoms with E-state index in [0.717, 1.165) is 55.0 Å². The molecule has 0 N–H and O–H groups in total. The number of rotatable bonds is 3. The molecule has 4 rings (SSSR count). The number of aromatic nitrogens is 4. The lowest BCUT2D eigenvalue weighted by atomic mass is 10.3. The fourth-order valence-corrected chi connectivity index (χ4v) is 2.73. The summed E-state index contributed by atoms with van der Waals surface area (Å²) in [5, 5.41) is 8.59. The summed E-state index contributed by atoms with van der Waals surface area (Å²) in [7, 11) is 0. The van der Waals surface area contributed by atoms with E-state index >= 15 is 0 Å². The molecule has 0 amide bonds. The van der Waals surface area contributed by atoms with E-state index in [-0.39, 0.29) is 0 Å². The van der Waals surface area contributed by atoms with Gasteiger partial charge in [0.05, 0.1) is 6.26 Å². The Kier molecular flexibility index (Phi) is 3.82. The maximum Gasteiger partial charge on any atom is 0.225 e. The highest BCUT2D eigenvalue weighted by molar-refractivity contribution is 5.53. The third kappa shape index (κ3) is 2.92. The summed E-state index contributed by atoms with van der Waals surface area (Å²) in [4.78, 5) is 13.2. The van der Waals surface area contributed by atoms with Crippen molar-refractivity contribution in [2.75, 3.05) is 36.0 Å². The molecule has 0 bridgehead atoms. The van der Waals surface area contributed by atoms with Gasteiger partial charge in [0.25, 0.3) is 0 Å². The molecule has 122 valence electrons. The number of hydrogen-bond donors (Lipinski definition) is 0. The Morgan fingerprint density at radius 1 is 0.917 bits per heavy atom. The number of hydrogen-bond acceptors (Lipinski definition) is 7. The second kappa shape index (κ2) is 6.27. The van der Waals surface area contributed by atoms with E-state index in [1.54, 1.807) is 6.26 Å². The average Bonchev–Trinajstić information content (AvgIpc) is 3.17. The number of aryl methyl sites for hydroxylation is 1. The highest BCUT2D eigenvalue weighted by atomic mass is 16.3. The van der Waals surface area contributed by atoms with Gasteiger partial charge in [0.15, 0.2) is 11.6 Å². The molecule has 7 nitrogen and oxygen atoms in total. The first-order valence-electron chi connectivity index (χ1n) is 7.96. The van der Waals surface area contributed by atoms with Gasteiger partial charge in [-0.2, -0.15) is 0 Å². The highest BCUT2D eigenvalue weighted by Crippen LogP contribution is 2.20. The van der Waals surface area contributed by atoms with Crippen molar-refractivity contribution in [3.63, 3.8) is 0 Å². The summed E-state index contributed by atoms with van der Waals surface area (Å²) in [6, 6.07) is 7.65. The second-order valence-electron chi connectivity index (χ2n) is 5.79. The molecule has 24 heavy (non-hydrogen) atoms. The molecule has 1 aliphatic rings. The maximum atomic E-state index is 5.34. The smallest absolute Gasteiger partial charge is 0.225 e. The van der Waals surface area contributed by atoms with Crippen molar-refractivity contribution in [3.8, 4) is 11.5 Å². The van der Waals surface area contributed by atoms with Gasteiger partial charge >= 0.3 is 0 Å². The number of furan rings is 1. The van der Waals surface area contributed by atoms with Gasteiger partial charge in [-0.1, -0.05) is 0 Å². The number of nitrogens with zero attached hydrogens (tertiary/aromatic N) is 6. The van der Waals surface area contributed by atoms with E-state index < -0.39 is 0 Å². The second-order valence-corrected chi connectivity index (χ2v) is 5.79. The van der Waals surface area contributed by atoms with Crippen LogP contribution in [0.4, 0.5) is 11.8 Å². The highest BCUT2D eigenvalue weighted by Gasteiger charge is 2.20. The maximum absolute atomic E-state index is 5.34. The zero-order valence-electron chi connectivity index (χ0n) is 13.5. The van der Waals surface area contributed by atoms with Crippen molar-refractivity contribution in [2.24, 2.45) is 0 Å². The van der Waals surface area contributed by atoms with Crippen molar-refractivity contribution in [2.45, 2.75) is 6.92 Å². The first-order valence-corrected chi connectivity index (χ1v) is 7.96. The van der Waals surface area contributed by atoms with Crippen LogP contribution in [-0.2, 0) is 0 Å². The molecule has 0 aromatic carbocycles. The Morgan fingerprint density at radius 2 is 1.67 bits per heavy atom. The van der Waals surface area contributed by atoms with Gasteiger partial charge < -0.3 is 14.2 Å². The lowest BCUT2D eigenvalue weighted by Crippen LogP contribution is -2.47. The van der Waals surface area contributed by atoms with Crippen molar-refractivity contribution >= 4 is 11.8 Å². The molecular formula is C17H18N6O. The molecule has 1 fully saturated rings. The standard InChI is InChI=1S/C17H18N6O/c1-13-11-18-17(19-12-13)23-8-6-22(7-9-23)16-5-4-14(20-21-16)15-3-2-10-24-15/h2-5,10-12H,6-9H2,1H3. The van der Waals surface area contributed by atoms with Gasteiger partial charge in [0.1, 0.15) is 5.69 Å². The summed E-state index contributed by atoms with van der Waals surface area (Å²) < 4.78 is 5.34. The van der Waals surface area contributed by atoms with Crippen molar-refractivity contribution in [1.29, 1.82) is 0 Å². The Balaban J connectivity index is 1.41. The van der Waals surface area contributed by atoms with Crippen LogP contribution in [0.3, 0.4) is 0 Å².